The summed E-state index contributed by atoms with van der Waals surface area (Å²) in [5, 5.41) is 3.05. The van der Waals surface area contributed by atoms with Crippen LogP contribution in [0.25, 0.3) is 0 Å². The van der Waals surface area contributed by atoms with Crippen molar-refractivity contribution in [2.45, 2.75) is 37.8 Å². The molecule has 2 aliphatic heterocycles. The van der Waals surface area contributed by atoms with Crippen molar-refractivity contribution in [2.24, 2.45) is 0 Å². The van der Waals surface area contributed by atoms with Crippen molar-refractivity contribution >= 4 is 17.2 Å². The molecule has 2 atom stereocenters. The first-order valence-electron chi connectivity index (χ1n) is 6.18. The van der Waals surface area contributed by atoms with Gasteiger partial charge in [0.25, 0.3) is 5.91 Å². The van der Waals surface area contributed by atoms with Gasteiger partial charge in [-0.05, 0) is 19.3 Å². The average Bonchev–Trinajstić information content (AvgIpc) is 2.80. The van der Waals surface area contributed by atoms with Gasteiger partial charge in [-0.3, -0.25) is 4.79 Å². The molecule has 2 aliphatic rings. The highest BCUT2D eigenvalue weighted by atomic mass is 32.1. The molecule has 0 N–H and O–H groups in total. The van der Waals surface area contributed by atoms with Crippen molar-refractivity contribution < 1.29 is 9.53 Å². The van der Waals surface area contributed by atoms with Crippen LogP contribution in [0.1, 0.15) is 36.7 Å². The van der Waals surface area contributed by atoms with Gasteiger partial charge in [-0.25, -0.2) is 4.98 Å². The molecule has 4 nitrogen and oxygen atoms in total. The van der Waals surface area contributed by atoms with Crippen LogP contribution in [0, 0.1) is 0 Å². The minimum absolute atomic E-state index is 0.163. The summed E-state index contributed by atoms with van der Waals surface area (Å²) in [6, 6.07) is 0.181. The molecule has 0 aliphatic carbocycles. The zero-order valence-corrected chi connectivity index (χ0v) is 10.5. The standard InChI is InChI=1S/C12H16N2O2S/c15-12(10-4-7-16-10)14-6-2-1-3-9(14)11-13-5-8-17-11/h5,8-10H,1-4,6-7H2. The fraction of sp³-hybridized carbons (Fsp3) is 0.667. The molecule has 0 spiro atoms. The fourth-order valence-electron chi connectivity index (χ4n) is 2.47. The van der Waals surface area contributed by atoms with E-state index in [0.29, 0.717) is 0 Å². The van der Waals surface area contributed by atoms with Gasteiger partial charge in [0.15, 0.2) is 0 Å². The first kappa shape index (κ1) is 11.2. The van der Waals surface area contributed by atoms with Gasteiger partial charge in [-0.15, -0.1) is 11.3 Å². The molecule has 3 rings (SSSR count). The van der Waals surface area contributed by atoms with E-state index in [1.807, 2.05) is 16.5 Å². The van der Waals surface area contributed by atoms with Gasteiger partial charge in [0.05, 0.1) is 12.6 Å². The van der Waals surface area contributed by atoms with E-state index in [1.165, 1.54) is 6.42 Å². The maximum Gasteiger partial charge on any atom is 0.252 e. The van der Waals surface area contributed by atoms with Crippen LogP contribution in [0.4, 0.5) is 0 Å². The number of thiazole rings is 1. The Kier molecular flexibility index (Phi) is 3.11. The Balaban J connectivity index is 1.77. The van der Waals surface area contributed by atoms with Gasteiger partial charge in [-0.2, -0.15) is 0 Å². The first-order valence-corrected chi connectivity index (χ1v) is 7.06. The fourth-order valence-corrected chi connectivity index (χ4v) is 3.25. The summed E-state index contributed by atoms with van der Waals surface area (Å²) < 4.78 is 5.30. The third-order valence-electron chi connectivity index (χ3n) is 3.50. The number of amides is 1. The molecule has 2 unspecified atom stereocenters. The molecule has 0 aromatic carbocycles. The summed E-state index contributed by atoms with van der Waals surface area (Å²) >= 11 is 1.64. The minimum Gasteiger partial charge on any atom is -0.368 e. The summed E-state index contributed by atoms with van der Waals surface area (Å²) in [4.78, 5) is 18.6. The molecule has 0 radical (unpaired) electrons. The molecular formula is C12H16N2O2S. The zero-order valence-electron chi connectivity index (χ0n) is 9.67. The van der Waals surface area contributed by atoms with Crippen LogP contribution >= 0.6 is 11.3 Å². The molecule has 1 amide bonds. The molecule has 0 bridgehead atoms. The van der Waals surface area contributed by atoms with Gasteiger partial charge >= 0.3 is 0 Å². The van der Waals surface area contributed by atoms with E-state index in [4.69, 9.17) is 4.74 Å². The summed E-state index contributed by atoms with van der Waals surface area (Å²) in [6.45, 7) is 1.58. The van der Waals surface area contributed by atoms with E-state index in [-0.39, 0.29) is 18.1 Å². The van der Waals surface area contributed by atoms with E-state index in [0.717, 1.165) is 37.4 Å². The van der Waals surface area contributed by atoms with Crippen molar-refractivity contribution in [2.75, 3.05) is 13.2 Å². The molecule has 1 aromatic rings. The Morgan fingerprint density at radius 2 is 2.35 bits per heavy atom. The average molecular weight is 252 g/mol. The highest BCUT2D eigenvalue weighted by molar-refractivity contribution is 7.09. The van der Waals surface area contributed by atoms with Crippen molar-refractivity contribution in [3.05, 3.63) is 16.6 Å². The highest BCUT2D eigenvalue weighted by Gasteiger charge is 2.36. The molecule has 5 heteroatoms. The number of hydrogen-bond acceptors (Lipinski definition) is 4. The quantitative estimate of drug-likeness (QED) is 0.808. The van der Waals surface area contributed by atoms with E-state index >= 15 is 0 Å². The van der Waals surface area contributed by atoms with Crippen LogP contribution in [0.5, 0.6) is 0 Å². The lowest BCUT2D eigenvalue weighted by atomic mass is 10.0. The molecule has 17 heavy (non-hydrogen) atoms. The van der Waals surface area contributed by atoms with Crippen LogP contribution < -0.4 is 0 Å². The van der Waals surface area contributed by atoms with Crippen molar-refractivity contribution in [1.29, 1.82) is 0 Å². The second-order valence-electron chi connectivity index (χ2n) is 4.56. The second-order valence-corrected chi connectivity index (χ2v) is 5.49. The lowest BCUT2D eigenvalue weighted by molar-refractivity contribution is -0.160. The zero-order chi connectivity index (χ0) is 11.7. The molecule has 3 heterocycles. The van der Waals surface area contributed by atoms with Crippen molar-refractivity contribution in [3.63, 3.8) is 0 Å². The second kappa shape index (κ2) is 4.74. The van der Waals surface area contributed by atoms with E-state index < -0.39 is 0 Å². The summed E-state index contributed by atoms with van der Waals surface area (Å²) in [7, 11) is 0. The lowest BCUT2D eigenvalue weighted by Gasteiger charge is -2.38. The number of hydrogen-bond donors (Lipinski definition) is 0. The smallest absolute Gasteiger partial charge is 0.252 e. The molecule has 92 valence electrons. The predicted molar refractivity (Wildman–Crippen MR) is 64.8 cm³/mol. The summed E-state index contributed by atoms with van der Waals surface area (Å²) in [6.07, 6.45) is 5.82. The summed E-state index contributed by atoms with van der Waals surface area (Å²) in [5.41, 5.74) is 0. The number of piperidine rings is 1. The Labute approximate surface area is 105 Å². The third kappa shape index (κ3) is 2.09. The van der Waals surface area contributed by atoms with Gasteiger partial charge in [-0.1, -0.05) is 0 Å². The van der Waals surface area contributed by atoms with Crippen LogP contribution in [-0.2, 0) is 9.53 Å². The molecule has 1 aromatic heterocycles. The monoisotopic (exact) mass is 252 g/mol. The molecular weight excluding hydrogens is 236 g/mol. The van der Waals surface area contributed by atoms with Crippen LogP contribution in [0.3, 0.4) is 0 Å². The maximum absolute atomic E-state index is 12.3. The van der Waals surface area contributed by atoms with Crippen molar-refractivity contribution in [3.8, 4) is 0 Å². The van der Waals surface area contributed by atoms with Gasteiger partial charge < -0.3 is 9.64 Å². The normalized spacial score (nSPS) is 28.8. The highest BCUT2D eigenvalue weighted by Crippen LogP contribution is 2.33. The molecule has 2 saturated heterocycles. The lowest BCUT2D eigenvalue weighted by Crippen LogP contribution is -2.48. The number of likely N-dealkylation sites (tertiary alicyclic amines) is 1. The number of carbonyl (C=O) groups excluding carboxylic acids is 1. The van der Waals surface area contributed by atoms with E-state index in [1.54, 1.807) is 11.3 Å². The molecule has 2 fully saturated rings. The van der Waals surface area contributed by atoms with Crippen LogP contribution in [-0.4, -0.2) is 35.0 Å². The number of nitrogens with zero attached hydrogens (tertiary/aromatic N) is 2. The van der Waals surface area contributed by atoms with E-state index in [9.17, 15) is 4.79 Å². The number of carbonyl (C=O) groups is 1. The SMILES string of the molecule is O=C(C1CCO1)N1CCCCC1c1nccs1. The van der Waals surface area contributed by atoms with Crippen molar-refractivity contribution in [1.82, 2.24) is 9.88 Å². The Morgan fingerprint density at radius 3 is 3.00 bits per heavy atom. The Hall–Kier alpha value is -0.940. The largest absolute Gasteiger partial charge is 0.368 e. The first-order chi connectivity index (χ1) is 8.36. The predicted octanol–water partition coefficient (Wildman–Crippen LogP) is 1.99. The minimum atomic E-state index is -0.185. The Bertz CT molecular complexity index is 389. The van der Waals surface area contributed by atoms with Gasteiger partial charge in [0.1, 0.15) is 11.1 Å². The number of aromatic nitrogens is 1. The third-order valence-corrected chi connectivity index (χ3v) is 4.37. The molecule has 0 saturated carbocycles. The van der Waals surface area contributed by atoms with Gasteiger partial charge in [0.2, 0.25) is 0 Å². The van der Waals surface area contributed by atoms with Gasteiger partial charge in [0, 0.05) is 24.5 Å². The van der Waals surface area contributed by atoms with E-state index in [2.05, 4.69) is 4.98 Å². The topological polar surface area (TPSA) is 42.4 Å². The van der Waals surface area contributed by atoms with Crippen LogP contribution in [0.2, 0.25) is 0 Å². The number of rotatable bonds is 2. The maximum atomic E-state index is 12.3. The Morgan fingerprint density at radius 1 is 1.47 bits per heavy atom. The number of ether oxygens (including phenoxy) is 1. The summed E-state index contributed by atoms with van der Waals surface area (Å²) in [5.74, 6) is 0.163. The van der Waals surface area contributed by atoms with Crippen LogP contribution in [0.15, 0.2) is 11.6 Å².